The van der Waals surface area contributed by atoms with Gasteiger partial charge in [-0.2, -0.15) is 0 Å². The van der Waals surface area contributed by atoms with Crippen molar-refractivity contribution in [2.45, 2.75) is 12.8 Å². The normalized spacial score (nSPS) is 20.3. The van der Waals surface area contributed by atoms with Gasteiger partial charge in [0.05, 0.1) is 11.6 Å². The van der Waals surface area contributed by atoms with Crippen molar-refractivity contribution in [1.29, 1.82) is 0 Å². The number of likely N-dealkylation sites (N-methyl/N-ethyl adjacent to an activating group) is 1. The van der Waals surface area contributed by atoms with E-state index in [0.29, 0.717) is 0 Å². The second-order valence-electron chi connectivity index (χ2n) is 6.34. The molecule has 2 atom stereocenters. The summed E-state index contributed by atoms with van der Waals surface area (Å²) in [6.07, 6.45) is 0. The first-order valence-corrected chi connectivity index (χ1v) is 7.99. The number of hydrogen-bond acceptors (Lipinski definition) is 2. The molecule has 0 aliphatic carbocycles. The molecule has 1 fully saturated rings. The van der Waals surface area contributed by atoms with Gasteiger partial charge in [0.1, 0.15) is 5.82 Å². The SMILES string of the molecule is C=C1[C@H](C(=O)Nc2ccccc2F)C(c2cccc(C)c2)CN1C. The lowest BCUT2D eigenvalue weighted by Gasteiger charge is -2.19. The van der Waals surface area contributed by atoms with Crippen LogP contribution >= 0.6 is 0 Å². The number of hydrogen-bond donors (Lipinski definition) is 1. The third kappa shape index (κ3) is 3.04. The van der Waals surface area contributed by atoms with Crippen molar-refractivity contribution >= 4 is 11.6 Å². The monoisotopic (exact) mass is 324 g/mol. The highest BCUT2D eigenvalue weighted by Crippen LogP contribution is 2.39. The van der Waals surface area contributed by atoms with E-state index < -0.39 is 11.7 Å². The highest BCUT2D eigenvalue weighted by molar-refractivity contribution is 5.95. The number of nitrogens with zero attached hydrogens (tertiary/aromatic N) is 1. The summed E-state index contributed by atoms with van der Waals surface area (Å²) in [4.78, 5) is 14.8. The molecule has 1 aliphatic rings. The summed E-state index contributed by atoms with van der Waals surface area (Å²) in [7, 11) is 1.93. The lowest BCUT2D eigenvalue weighted by Crippen LogP contribution is -2.27. The van der Waals surface area contributed by atoms with Gasteiger partial charge in [0.15, 0.2) is 0 Å². The first-order chi connectivity index (χ1) is 11.5. The number of likely N-dealkylation sites (tertiary alicyclic amines) is 1. The lowest BCUT2D eigenvalue weighted by molar-refractivity contribution is -0.119. The molecule has 1 aliphatic heterocycles. The van der Waals surface area contributed by atoms with Crippen LogP contribution in [-0.4, -0.2) is 24.4 Å². The molecule has 2 aromatic carbocycles. The van der Waals surface area contributed by atoms with E-state index in [1.54, 1.807) is 18.2 Å². The van der Waals surface area contributed by atoms with Crippen molar-refractivity contribution in [2.75, 3.05) is 18.9 Å². The van der Waals surface area contributed by atoms with Crippen molar-refractivity contribution in [1.82, 2.24) is 4.90 Å². The topological polar surface area (TPSA) is 32.3 Å². The smallest absolute Gasteiger partial charge is 0.234 e. The van der Waals surface area contributed by atoms with Crippen molar-refractivity contribution in [2.24, 2.45) is 5.92 Å². The Morgan fingerprint density at radius 2 is 2.00 bits per heavy atom. The van der Waals surface area contributed by atoms with Gasteiger partial charge < -0.3 is 10.2 Å². The molecule has 1 unspecified atom stereocenters. The molecule has 1 amide bonds. The molecule has 3 nitrogen and oxygen atoms in total. The van der Waals surface area contributed by atoms with E-state index in [9.17, 15) is 9.18 Å². The summed E-state index contributed by atoms with van der Waals surface area (Å²) in [5, 5.41) is 2.72. The first kappa shape index (κ1) is 16.2. The van der Waals surface area contributed by atoms with E-state index in [1.807, 2.05) is 37.1 Å². The molecule has 0 radical (unpaired) electrons. The Bertz CT molecular complexity index is 787. The minimum Gasteiger partial charge on any atom is -0.377 e. The minimum atomic E-state index is -0.435. The van der Waals surface area contributed by atoms with Gasteiger partial charge in [0.2, 0.25) is 5.91 Å². The molecule has 0 saturated carbocycles. The second kappa shape index (κ2) is 6.48. The van der Waals surface area contributed by atoms with Gasteiger partial charge >= 0.3 is 0 Å². The molecule has 24 heavy (non-hydrogen) atoms. The van der Waals surface area contributed by atoms with E-state index >= 15 is 0 Å². The van der Waals surface area contributed by atoms with Crippen LogP contribution < -0.4 is 5.32 Å². The molecular formula is C20H21FN2O. The molecule has 3 rings (SSSR count). The number of nitrogens with one attached hydrogen (secondary N) is 1. The number of carbonyl (C=O) groups is 1. The Hall–Kier alpha value is -2.62. The fraction of sp³-hybridized carbons (Fsp3) is 0.250. The van der Waals surface area contributed by atoms with Gasteiger partial charge in [-0.25, -0.2) is 4.39 Å². The van der Waals surface area contributed by atoms with Crippen LogP contribution in [0.5, 0.6) is 0 Å². The number of aryl methyl sites for hydroxylation is 1. The molecule has 4 heteroatoms. The van der Waals surface area contributed by atoms with Crippen LogP contribution in [0.15, 0.2) is 60.8 Å². The second-order valence-corrected chi connectivity index (χ2v) is 6.34. The van der Waals surface area contributed by atoms with Gasteiger partial charge in [0, 0.05) is 25.2 Å². The maximum Gasteiger partial charge on any atom is 0.234 e. The summed E-state index contributed by atoms with van der Waals surface area (Å²) >= 11 is 0. The van der Waals surface area contributed by atoms with E-state index in [4.69, 9.17) is 0 Å². The highest BCUT2D eigenvalue weighted by atomic mass is 19.1. The quantitative estimate of drug-likeness (QED) is 0.928. The van der Waals surface area contributed by atoms with Gasteiger partial charge in [-0.05, 0) is 24.6 Å². The molecule has 1 saturated heterocycles. The van der Waals surface area contributed by atoms with Gasteiger partial charge in [-0.3, -0.25) is 4.79 Å². The van der Waals surface area contributed by atoms with Crippen LogP contribution in [0.4, 0.5) is 10.1 Å². The summed E-state index contributed by atoms with van der Waals surface area (Å²) in [5.41, 5.74) is 3.22. The van der Waals surface area contributed by atoms with E-state index in [0.717, 1.165) is 23.4 Å². The zero-order valence-electron chi connectivity index (χ0n) is 13.9. The maximum atomic E-state index is 13.8. The summed E-state index contributed by atoms with van der Waals surface area (Å²) < 4.78 is 13.8. The molecular weight excluding hydrogens is 303 g/mol. The Morgan fingerprint density at radius 3 is 2.71 bits per heavy atom. The van der Waals surface area contributed by atoms with Crippen molar-refractivity contribution < 1.29 is 9.18 Å². The van der Waals surface area contributed by atoms with Gasteiger partial charge in [-0.1, -0.05) is 48.5 Å². The minimum absolute atomic E-state index is 0.00849. The zero-order valence-corrected chi connectivity index (χ0v) is 13.9. The number of carbonyl (C=O) groups excluding carboxylic acids is 1. The van der Waals surface area contributed by atoms with Crippen molar-refractivity contribution in [3.05, 3.63) is 77.8 Å². The summed E-state index contributed by atoms with van der Waals surface area (Å²) in [6.45, 7) is 6.82. The van der Waals surface area contributed by atoms with Crippen molar-refractivity contribution in [3.8, 4) is 0 Å². The number of halogens is 1. The third-order valence-corrected chi connectivity index (χ3v) is 4.61. The van der Waals surface area contributed by atoms with Crippen LogP contribution in [0.3, 0.4) is 0 Å². The zero-order chi connectivity index (χ0) is 17.3. The summed E-state index contributed by atoms with van der Waals surface area (Å²) in [5.74, 6) is -1.05. The van der Waals surface area contributed by atoms with E-state index in [2.05, 4.69) is 18.0 Å². The number of para-hydroxylation sites is 1. The maximum absolute atomic E-state index is 13.8. The average Bonchev–Trinajstić information content (AvgIpc) is 2.85. The Kier molecular flexibility index (Phi) is 4.38. The predicted octanol–water partition coefficient (Wildman–Crippen LogP) is 3.93. The average molecular weight is 324 g/mol. The predicted molar refractivity (Wildman–Crippen MR) is 94.2 cm³/mol. The molecule has 0 aromatic heterocycles. The number of amides is 1. The largest absolute Gasteiger partial charge is 0.377 e. The number of anilines is 1. The fourth-order valence-corrected chi connectivity index (χ4v) is 3.29. The van der Waals surface area contributed by atoms with E-state index in [1.165, 1.54) is 6.07 Å². The standard InChI is InChI=1S/C20H21FN2O/c1-13-7-6-8-15(11-13)16-12-23(3)14(2)19(16)20(24)22-18-10-5-4-9-17(18)21/h4-11,16,19H,2,12H2,1,3H3,(H,22,24)/t16?,19-/m0/s1. The fourth-order valence-electron chi connectivity index (χ4n) is 3.29. The summed E-state index contributed by atoms with van der Waals surface area (Å²) in [6, 6.07) is 14.4. The van der Waals surface area contributed by atoms with Crippen molar-refractivity contribution in [3.63, 3.8) is 0 Å². The highest BCUT2D eigenvalue weighted by Gasteiger charge is 2.40. The van der Waals surface area contributed by atoms with Crippen LogP contribution in [-0.2, 0) is 4.79 Å². The third-order valence-electron chi connectivity index (χ3n) is 4.61. The Balaban J connectivity index is 1.89. The van der Waals surface area contributed by atoms with Gasteiger partial charge in [-0.15, -0.1) is 0 Å². The molecule has 0 spiro atoms. The molecule has 1 N–H and O–H groups in total. The first-order valence-electron chi connectivity index (χ1n) is 7.99. The molecule has 0 bridgehead atoms. The van der Waals surface area contributed by atoms with E-state index in [-0.39, 0.29) is 17.5 Å². The Labute approximate surface area is 141 Å². The Morgan fingerprint density at radius 1 is 1.25 bits per heavy atom. The van der Waals surface area contributed by atoms with Crippen LogP contribution in [0.1, 0.15) is 17.0 Å². The number of benzene rings is 2. The lowest BCUT2D eigenvalue weighted by atomic mass is 9.86. The molecule has 124 valence electrons. The van der Waals surface area contributed by atoms with Crippen LogP contribution in [0.25, 0.3) is 0 Å². The number of rotatable bonds is 3. The molecule has 2 aromatic rings. The molecule has 1 heterocycles. The van der Waals surface area contributed by atoms with Gasteiger partial charge in [0.25, 0.3) is 0 Å². The van der Waals surface area contributed by atoms with Crippen LogP contribution in [0, 0.1) is 18.7 Å². The van der Waals surface area contributed by atoms with Crippen LogP contribution in [0.2, 0.25) is 0 Å².